The Kier molecular flexibility index (Phi) is 6.88. The molecule has 1 unspecified atom stereocenters. The lowest BCUT2D eigenvalue weighted by Gasteiger charge is -2.38. The van der Waals surface area contributed by atoms with Crippen LogP contribution in [0.2, 0.25) is 0 Å². The zero-order chi connectivity index (χ0) is 22.2. The molecular weight excluding hydrogens is 485 g/mol. The first-order valence-corrected chi connectivity index (χ1v) is 7.86. The quantitative estimate of drug-likeness (QED) is 0.442. The minimum Gasteiger partial charge on any atom is -0.386 e. The first-order chi connectivity index (χ1) is 12.4. The summed E-state index contributed by atoms with van der Waals surface area (Å²) in [5.41, 5.74) is 0.297. The van der Waals surface area contributed by atoms with Gasteiger partial charge in [-0.1, -0.05) is 46.3 Å². The van der Waals surface area contributed by atoms with E-state index in [1.165, 1.54) is 24.3 Å². The Morgan fingerprint density at radius 1 is 0.821 bits per heavy atom. The van der Waals surface area contributed by atoms with E-state index in [1.807, 2.05) is 0 Å². The van der Waals surface area contributed by atoms with Crippen LogP contribution in [0.4, 0.5) is 48.3 Å². The van der Waals surface area contributed by atoms with Crippen molar-refractivity contribution in [2.45, 2.75) is 42.4 Å². The molecule has 0 fully saturated rings. The Morgan fingerprint density at radius 3 is 1.71 bits per heavy atom. The summed E-state index contributed by atoms with van der Waals surface area (Å²) in [5, 5.41) is 9.23. The normalized spacial score (nSPS) is 16.2. The molecule has 0 aromatic heterocycles. The fourth-order valence-corrected chi connectivity index (χ4v) is 2.47. The van der Waals surface area contributed by atoms with E-state index in [2.05, 4.69) is 15.9 Å². The maximum absolute atomic E-state index is 13.7. The maximum Gasteiger partial charge on any atom is 0.460 e. The summed E-state index contributed by atoms with van der Waals surface area (Å²) in [5.74, 6) is -28.6. The number of benzene rings is 1. The predicted molar refractivity (Wildman–Crippen MR) is 79.8 cm³/mol. The molecule has 1 nitrogen and oxygen atoms in total. The van der Waals surface area contributed by atoms with E-state index in [4.69, 9.17) is 0 Å². The second-order valence-corrected chi connectivity index (χ2v) is 6.58. The molecule has 0 saturated heterocycles. The average molecular weight is 495 g/mol. The number of alkyl halides is 11. The first-order valence-electron chi connectivity index (χ1n) is 7.06. The number of halogens is 12. The third-order valence-corrected chi connectivity index (χ3v) is 4.05. The molecule has 1 aromatic carbocycles. The summed E-state index contributed by atoms with van der Waals surface area (Å²) in [4.78, 5) is 0. The maximum atomic E-state index is 13.7. The van der Waals surface area contributed by atoms with Gasteiger partial charge in [0.1, 0.15) is 6.10 Å². The monoisotopic (exact) mass is 494 g/mol. The highest BCUT2D eigenvalue weighted by Crippen LogP contribution is 2.58. The highest BCUT2D eigenvalue weighted by atomic mass is 79.9. The molecule has 1 aromatic rings. The van der Waals surface area contributed by atoms with Crippen LogP contribution in [-0.4, -0.2) is 41.1 Å². The van der Waals surface area contributed by atoms with Crippen LogP contribution < -0.4 is 0 Å². The molecule has 0 aliphatic carbocycles. The van der Waals surface area contributed by atoms with Crippen LogP contribution in [-0.2, 0) is 0 Å². The lowest BCUT2D eigenvalue weighted by atomic mass is 9.93. The van der Waals surface area contributed by atoms with Gasteiger partial charge in [-0.25, -0.2) is 0 Å². The molecule has 0 amide bonds. The summed E-state index contributed by atoms with van der Waals surface area (Å²) in [7, 11) is 0. The van der Waals surface area contributed by atoms with Crippen molar-refractivity contribution >= 4 is 22.0 Å². The summed E-state index contributed by atoms with van der Waals surface area (Å²) in [6.07, 6.45) is -11.4. The molecule has 1 atom stereocenters. The van der Waals surface area contributed by atoms with Gasteiger partial charge in [0.2, 0.25) is 0 Å². The van der Waals surface area contributed by atoms with Crippen molar-refractivity contribution in [1.82, 2.24) is 0 Å². The van der Waals surface area contributed by atoms with Gasteiger partial charge in [-0.2, -0.15) is 48.3 Å². The number of aliphatic hydroxyl groups is 1. The second kappa shape index (κ2) is 7.81. The topological polar surface area (TPSA) is 20.2 Å². The average Bonchev–Trinajstić information content (AvgIpc) is 2.53. The van der Waals surface area contributed by atoms with E-state index in [-0.39, 0.29) is 0 Å². The standard InChI is InChI=1S/C15H10BrF11O/c16-9(6-8-4-2-1-3-5-8)7-10(28)11(17,18)12(19,20)13(21,22)14(23,24)15(25,26)27/h1-6,10,28H,7H2. The Balaban J connectivity index is 3.19. The lowest BCUT2D eigenvalue weighted by Crippen LogP contribution is -2.68. The van der Waals surface area contributed by atoms with Gasteiger partial charge in [0, 0.05) is 6.42 Å². The third kappa shape index (κ3) is 4.29. The van der Waals surface area contributed by atoms with Gasteiger partial charge < -0.3 is 5.11 Å². The van der Waals surface area contributed by atoms with Crippen LogP contribution in [0.5, 0.6) is 0 Å². The summed E-state index contributed by atoms with van der Waals surface area (Å²) < 4.78 is 142. The van der Waals surface area contributed by atoms with Crippen LogP contribution in [0.1, 0.15) is 12.0 Å². The van der Waals surface area contributed by atoms with Crippen LogP contribution >= 0.6 is 15.9 Å². The largest absolute Gasteiger partial charge is 0.460 e. The van der Waals surface area contributed by atoms with Gasteiger partial charge in [0.15, 0.2) is 0 Å². The molecule has 0 saturated carbocycles. The van der Waals surface area contributed by atoms with E-state index in [1.54, 1.807) is 6.07 Å². The lowest BCUT2D eigenvalue weighted by molar-refractivity contribution is -0.428. The Morgan fingerprint density at radius 2 is 1.29 bits per heavy atom. The molecule has 0 aliphatic heterocycles. The summed E-state index contributed by atoms with van der Waals surface area (Å²) in [6, 6.07) is 7.31. The molecule has 1 N–H and O–H groups in total. The van der Waals surface area contributed by atoms with Crippen molar-refractivity contribution in [2.24, 2.45) is 0 Å². The molecule has 0 aliphatic rings. The van der Waals surface area contributed by atoms with E-state index in [9.17, 15) is 53.4 Å². The van der Waals surface area contributed by atoms with Crippen molar-refractivity contribution in [3.8, 4) is 0 Å². The van der Waals surface area contributed by atoms with Gasteiger partial charge in [-0.3, -0.25) is 0 Å². The fourth-order valence-electron chi connectivity index (χ4n) is 1.90. The van der Waals surface area contributed by atoms with Gasteiger partial charge in [-0.05, 0) is 16.1 Å². The van der Waals surface area contributed by atoms with Crippen molar-refractivity contribution in [2.75, 3.05) is 0 Å². The van der Waals surface area contributed by atoms with E-state index < -0.39 is 46.9 Å². The van der Waals surface area contributed by atoms with Crippen LogP contribution in [0.25, 0.3) is 6.08 Å². The van der Waals surface area contributed by atoms with E-state index in [0.717, 1.165) is 6.08 Å². The minimum atomic E-state index is -7.54. The van der Waals surface area contributed by atoms with Crippen LogP contribution in [0, 0.1) is 0 Å². The van der Waals surface area contributed by atoms with Gasteiger partial charge >= 0.3 is 29.9 Å². The molecule has 28 heavy (non-hydrogen) atoms. The highest BCUT2D eigenvalue weighted by molar-refractivity contribution is 9.11. The summed E-state index contributed by atoms with van der Waals surface area (Å²) in [6.45, 7) is 0. The van der Waals surface area contributed by atoms with Gasteiger partial charge in [0.05, 0.1) is 0 Å². The molecule has 1 rings (SSSR count). The molecule has 0 radical (unpaired) electrons. The van der Waals surface area contributed by atoms with E-state index in [0.29, 0.717) is 5.56 Å². The van der Waals surface area contributed by atoms with Gasteiger partial charge in [-0.15, -0.1) is 0 Å². The Hall–Kier alpha value is -1.37. The molecule has 160 valence electrons. The number of rotatable bonds is 7. The highest BCUT2D eigenvalue weighted by Gasteiger charge is 2.87. The number of hydrogen-bond donors (Lipinski definition) is 1. The first kappa shape index (κ1) is 24.7. The zero-order valence-electron chi connectivity index (χ0n) is 13.2. The van der Waals surface area contributed by atoms with Crippen molar-refractivity contribution < 1.29 is 53.4 Å². The predicted octanol–water partition coefficient (Wildman–Crippen LogP) is 6.28. The Labute approximate surface area is 159 Å². The van der Waals surface area contributed by atoms with Crippen LogP contribution in [0.3, 0.4) is 0 Å². The molecular formula is C15H10BrF11O. The Bertz CT molecular complexity index is 698. The third-order valence-electron chi connectivity index (χ3n) is 3.49. The molecule has 13 heteroatoms. The smallest absolute Gasteiger partial charge is 0.386 e. The minimum absolute atomic E-state index is 0.297. The molecule has 0 spiro atoms. The zero-order valence-corrected chi connectivity index (χ0v) is 14.8. The fraction of sp³-hybridized carbons (Fsp3) is 0.467. The SMILES string of the molecule is OC(CC(Br)=Cc1ccccc1)C(F)(F)C(F)(F)C(F)(F)C(F)(F)C(F)(F)F. The number of hydrogen-bond acceptors (Lipinski definition) is 1. The second-order valence-electron chi connectivity index (χ2n) is 5.57. The van der Waals surface area contributed by atoms with Crippen molar-refractivity contribution in [3.63, 3.8) is 0 Å². The molecule has 0 bridgehead atoms. The van der Waals surface area contributed by atoms with Crippen molar-refractivity contribution in [3.05, 3.63) is 40.4 Å². The van der Waals surface area contributed by atoms with Gasteiger partial charge in [0.25, 0.3) is 0 Å². The number of aliphatic hydroxyl groups excluding tert-OH is 1. The van der Waals surface area contributed by atoms with E-state index >= 15 is 0 Å². The molecule has 0 heterocycles. The van der Waals surface area contributed by atoms with Crippen LogP contribution in [0.15, 0.2) is 34.8 Å². The van der Waals surface area contributed by atoms with Crippen molar-refractivity contribution in [1.29, 1.82) is 0 Å². The summed E-state index contributed by atoms with van der Waals surface area (Å²) >= 11 is 2.60.